The highest BCUT2D eigenvalue weighted by Gasteiger charge is 2.35. The fourth-order valence-electron chi connectivity index (χ4n) is 4.10. The van der Waals surface area contributed by atoms with Crippen molar-refractivity contribution in [1.82, 2.24) is 9.78 Å². The third kappa shape index (κ3) is 8.17. The molecule has 8 nitrogen and oxygen atoms in total. The number of nitrogens with two attached hydrogens (primary N) is 2. The van der Waals surface area contributed by atoms with Gasteiger partial charge in [-0.2, -0.15) is 5.10 Å². The van der Waals surface area contributed by atoms with Crippen molar-refractivity contribution in [3.8, 4) is 5.69 Å². The van der Waals surface area contributed by atoms with E-state index in [-0.39, 0.29) is 23.2 Å². The normalized spacial score (nSPS) is 14.1. The Morgan fingerprint density at radius 2 is 1.86 bits per heavy atom. The van der Waals surface area contributed by atoms with Crippen LogP contribution >= 0.6 is 0 Å². The number of ketones is 1. The largest absolute Gasteiger partial charge is 0.396 e. The number of amides is 1. The van der Waals surface area contributed by atoms with E-state index >= 15 is 0 Å². The van der Waals surface area contributed by atoms with E-state index in [4.69, 9.17) is 11.5 Å². The van der Waals surface area contributed by atoms with Gasteiger partial charge in [-0.15, -0.1) is 0 Å². The molecule has 0 fully saturated rings. The SMILES string of the molecule is CC.CCCN.Cc1nn(-c2ccc(C(N)=O)c(NCC(C)(C)CCO)c2)c2c1C(=O)CC(C)(C)C2. The van der Waals surface area contributed by atoms with Gasteiger partial charge in [0, 0.05) is 25.3 Å². The van der Waals surface area contributed by atoms with Crippen LogP contribution in [0.1, 0.15) is 99.8 Å². The molecule has 0 atom stereocenters. The van der Waals surface area contributed by atoms with Crippen LogP contribution in [-0.2, 0) is 6.42 Å². The summed E-state index contributed by atoms with van der Waals surface area (Å²) in [6.45, 7) is 17.7. The van der Waals surface area contributed by atoms with Crippen LogP contribution in [-0.4, -0.2) is 46.3 Å². The Balaban J connectivity index is 0.000000982. The van der Waals surface area contributed by atoms with Gasteiger partial charge in [-0.25, -0.2) is 4.68 Å². The molecule has 202 valence electrons. The summed E-state index contributed by atoms with van der Waals surface area (Å²) in [5.41, 5.74) is 14.5. The Bertz CT molecular complexity index is 1020. The molecule has 0 radical (unpaired) electrons. The lowest BCUT2D eigenvalue weighted by Crippen LogP contribution is -2.28. The number of aliphatic hydroxyl groups excluding tert-OH is 1. The fraction of sp³-hybridized carbons (Fsp3) is 0.607. The second kappa shape index (κ2) is 13.6. The number of nitrogens with one attached hydrogen (secondary N) is 1. The molecule has 3 rings (SSSR count). The standard InChI is InChI=1S/C23H32N4O3.C3H9N.C2H6/c1-14-20-18(11-23(4,5)12-19(20)29)27(26-14)15-6-7-16(21(24)30)17(10-15)25-13-22(2,3)8-9-28;1-2-3-4;1-2/h6-7,10,25,28H,8-9,11-13H2,1-5H3,(H2,24,30);2-4H2,1H3;1-2H3. The first-order valence-electron chi connectivity index (χ1n) is 13.0. The predicted molar refractivity (Wildman–Crippen MR) is 148 cm³/mol. The van der Waals surface area contributed by atoms with Crippen LogP contribution in [0, 0.1) is 17.8 Å². The summed E-state index contributed by atoms with van der Waals surface area (Å²) in [6.07, 6.45) is 2.99. The molecule has 0 aliphatic heterocycles. The minimum absolute atomic E-state index is 0.0971. The lowest BCUT2D eigenvalue weighted by Gasteiger charge is -2.29. The topological polar surface area (TPSA) is 136 Å². The summed E-state index contributed by atoms with van der Waals surface area (Å²) in [5, 5.41) is 17.2. The van der Waals surface area contributed by atoms with Crippen molar-refractivity contribution in [2.45, 2.75) is 81.1 Å². The Morgan fingerprint density at radius 3 is 2.39 bits per heavy atom. The van der Waals surface area contributed by atoms with Gasteiger partial charge in [0.25, 0.3) is 5.91 Å². The number of hydrogen-bond donors (Lipinski definition) is 4. The van der Waals surface area contributed by atoms with Crippen molar-refractivity contribution in [1.29, 1.82) is 0 Å². The highest BCUT2D eigenvalue weighted by atomic mass is 16.3. The van der Waals surface area contributed by atoms with Crippen molar-refractivity contribution in [2.24, 2.45) is 22.3 Å². The van der Waals surface area contributed by atoms with Crippen molar-refractivity contribution in [2.75, 3.05) is 25.0 Å². The smallest absolute Gasteiger partial charge is 0.250 e. The molecule has 0 unspecified atom stereocenters. The Morgan fingerprint density at radius 1 is 1.25 bits per heavy atom. The van der Waals surface area contributed by atoms with E-state index in [2.05, 4.69) is 31.2 Å². The Kier molecular flexibility index (Phi) is 11.8. The maximum Gasteiger partial charge on any atom is 0.250 e. The average Bonchev–Trinajstić information content (AvgIpc) is 3.14. The summed E-state index contributed by atoms with van der Waals surface area (Å²) in [4.78, 5) is 24.7. The molecule has 6 N–H and O–H groups in total. The van der Waals surface area contributed by atoms with Gasteiger partial charge in [0.15, 0.2) is 5.78 Å². The molecule has 1 aliphatic rings. The van der Waals surface area contributed by atoms with Crippen molar-refractivity contribution >= 4 is 17.4 Å². The van der Waals surface area contributed by atoms with Gasteiger partial charge >= 0.3 is 0 Å². The quantitative estimate of drug-likeness (QED) is 0.416. The van der Waals surface area contributed by atoms with Crippen LogP contribution in [0.5, 0.6) is 0 Å². The molecule has 0 saturated heterocycles. The van der Waals surface area contributed by atoms with Gasteiger partial charge in [0.1, 0.15) is 0 Å². The number of fused-ring (bicyclic) bond motifs is 1. The third-order valence-electron chi connectivity index (χ3n) is 6.07. The highest BCUT2D eigenvalue weighted by Crippen LogP contribution is 2.37. The molecule has 1 heterocycles. The zero-order chi connectivity index (χ0) is 27.7. The molecule has 0 saturated carbocycles. The van der Waals surface area contributed by atoms with Crippen LogP contribution in [0.4, 0.5) is 5.69 Å². The molecular weight excluding hydrogens is 454 g/mol. The summed E-state index contributed by atoms with van der Waals surface area (Å²) < 4.78 is 1.82. The number of primary amides is 1. The maximum absolute atomic E-state index is 12.7. The number of Topliss-reactive ketones (excluding diaryl/α,β-unsaturated/α-hetero) is 1. The second-order valence-electron chi connectivity index (χ2n) is 10.6. The molecule has 8 heteroatoms. The first-order chi connectivity index (χ1) is 16.9. The van der Waals surface area contributed by atoms with Gasteiger partial charge in [-0.3, -0.25) is 9.59 Å². The number of aliphatic hydroxyl groups is 1. The van der Waals surface area contributed by atoms with E-state index in [9.17, 15) is 14.7 Å². The van der Waals surface area contributed by atoms with Crippen LogP contribution in [0.2, 0.25) is 0 Å². The minimum atomic E-state index is -0.515. The molecular formula is C28H47N5O3. The Labute approximate surface area is 216 Å². The summed E-state index contributed by atoms with van der Waals surface area (Å²) >= 11 is 0. The molecule has 0 spiro atoms. The summed E-state index contributed by atoms with van der Waals surface area (Å²) in [5.74, 6) is -0.387. The van der Waals surface area contributed by atoms with Crippen molar-refractivity contribution in [3.05, 3.63) is 40.7 Å². The third-order valence-corrected chi connectivity index (χ3v) is 6.07. The van der Waals surface area contributed by atoms with E-state index in [0.717, 1.165) is 36.5 Å². The average molecular weight is 502 g/mol. The van der Waals surface area contributed by atoms with Gasteiger partial charge in [-0.1, -0.05) is 48.5 Å². The lowest BCUT2D eigenvalue weighted by atomic mass is 9.75. The number of carbonyl (C=O) groups is 2. The zero-order valence-corrected chi connectivity index (χ0v) is 23.5. The first kappa shape index (κ1) is 31.3. The number of carbonyl (C=O) groups excluding carboxylic acids is 2. The Hall–Kier alpha value is -2.71. The number of aryl methyl sites for hydroxylation is 1. The number of anilines is 1. The van der Waals surface area contributed by atoms with Gasteiger partial charge in [-0.05, 0) is 61.8 Å². The highest BCUT2D eigenvalue weighted by molar-refractivity contribution is 6.00. The van der Waals surface area contributed by atoms with Crippen molar-refractivity contribution < 1.29 is 14.7 Å². The summed E-state index contributed by atoms with van der Waals surface area (Å²) in [6, 6.07) is 5.36. The number of rotatable bonds is 8. The molecule has 36 heavy (non-hydrogen) atoms. The number of hydrogen-bond acceptors (Lipinski definition) is 6. The van der Waals surface area contributed by atoms with E-state index in [1.54, 1.807) is 6.07 Å². The van der Waals surface area contributed by atoms with Gasteiger partial charge < -0.3 is 21.9 Å². The van der Waals surface area contributed by atoms with Crippen LogP contribution in [0.25, 0.3) is 5.69 Å². The molecule has 0 bridgehead atoms. The molecule has 1 aromatic carbocycles. The lowest BCUT2D eigenvalue weighted by molar-refractivity contribution is 0.0909. The number of aromatic nitrogens is 2. The van der Waals surface area contributed by atoms with E-state index in [1.165, 1.54) is 0 Å². The van der Waals surface area contributed by atoms with Crippen molar-refractivity contribution in [3.63, 3.8) is 0 Å². The van der Waals surface area contributed by atoms with E-state index in [1.807, 2.05) is 51.4 Å². The number of benzene rings is 1. The second-order valence-corrected chi connectivity index (χ2v) is 10.6. The molecule has 2 aromatic rings. The molecule has 1 aliphatic carbocycles. The maximum atomic E-state index is 12.7. The van der Waals surface area contributed by atoms with Crippen LogP contribution < -0.4 is 16.8 Å². The van der Waals surface area contributed by atoms with Crippen LogP contribution in [0.3, 0.4) is 0 Å². The molecule has 1 aromatic heterocycles. The zero-order valence-electron chi connectivity index (χ0n) is 23.5. The van der Waals surface area contributed by atoms with Gasteiger partial charge in [0.05, 0.1) is 28.2 Å². The summed E-state index contributed by atoms with van der Waals surface area (Å²) in [7, 11) is 0. The molecule has 1 amide bonds. The monoisotopic (exact) mass is 501 g/mol. The van der Waals surface area contributed by atoms with E-state index in [0.29, 0.717) is 36.2 Å². The minimum Gasteiger partial charge on any atom is -0.396 e. The predicted octanol–water partition coefficient (Wildman–Crippen LogP) is 4.64. The first-order valence-corrected chi connectivity index (χ1v) is 13.0. The number of nitrogens with zero attached hydrogens (tertiary/aromatic N) is 2. The van der Waals surface area contributed by atoms with Crippen LogP contribution in [0.15, 0.2) is 18.2 Å². The fourth-order valence-corrected chi connectivity index (χ4v) is 4.10. The van der Waals surface area contributed by atoms with Gasteiger partial charge in [0.2, 0.25) is 0 Å². The van der Waals surface area contributed by atoms with E-state index < -0.39 is 5.91 Å².